The number of amides is 2. The Morgan fingerprint density at radius 1 is 1.12 bits per heavy atom. The molecule has 0 saturated carbocycles. The van der Waals surface area contributed by atoms with Gasteiger partial charge in [-0.05, 0) is 62.1 Å². The van der Waals surface area contributed by atoms with Crippen LogP contribution in [-0.4, -0.2) is 52.3 Å². The van der Waals surface area contributed by atoms with E-state index in [0.29, 0.717) is 30.1 Å². The Labute approximate surface area is 189 Å². The molecular weight excluding hydrogens is 430 g/mol. The topological polar surface area (TPSA) is 105 Å². The van der Waals surface area contributed by atoms with E-state index in [0.717, 1.165) is 34.5 Å². The summed E-state index contributed by atoms with van der Waals surface area (Å²) in [6, 6.07) is 12.0. The zero-order valence-electron chi connectivity index (χ0n) is 18.6. The van der Waals surface area contributed by atoms with Crippen LogP contribution in [0, 0.1) is 13.8 Å². The molecular formula is C23H29N3O5S. The number of anilines is 2. The molecule has 1 atom stereocenters. The normalized spacial score (nSPS) is 15.9. The number of sulfonamides is 1. The van der Waals surface area contributed by atoms with E-state index < -0.39 is 22.5 Å². The molecule has 0 bridgehead atoms. The summed E-state index contributed by atoms with van der Waals surface area (Å²) in [7, 11) is -3.70. The average molecular weight is 460 g/mol. The Kier molecular flexibility index (Phi) is 7.52. The molecule has 1 fully saturated rings. The van der Waals surface area contributed by atoms with E-state index in [-0.39, 0.29) is 12.0 Å². The highest BCUT2D eigenvalue weighted by Gasteiger charge is 2.23. The first kappa shape index (κ1) is 23.7. The molecule has 0 spiro atoms. The Balaban J connectivity index is 1.73. The van der Waals surface area contributed by atoms with Crippen LogP contribution in [0.25, 0.3) is 0 Å². The number of para-hydroxylation sites is 1. The molecule has 2 aromatic rings. The Morgan fingerprint density at radius 3 is 2.44 bits per heavy atom. The molecule has 32 heavy (non-hydrogen) atoms. The molecule has 1 saturated heterocycles. The van der Waals surface area contributed by atoms with Gasteiger partial charge in [-0.25, -0.2) is 8.42 Å². The zero-order valence-corrected chi connectivity index (χ0v) is 19.4. The lowest BCUT2D eigenvalue weighted by atomic mass is 10.1. The number of nitrogens with zero attached hydrogens (tertiary/aromatic N) is 1. The average Bonchev–Trinajstić information content (AvgIpc) is 3.23. The number of ether oxygens (including phenoxy) is 1. The molecule has 8 nitrogen and oxygen atoms in total. The van der Waals surface area contributed by atoms with Crippen molar-refractivity contribution in [3.05, 3.63) is 59.2 Å². The monoisotopic (exact) mass is 459 g/mol. The zero-order chi connectivity index (χ0) is 23.3. The largest absolute Gasteiger partial charge is 0.376 e. The third-order valence-corrected chi connectivity index (χ3v) is 6.28. The number of rotatable bonds is 8. The van der Waals surface area contributed by atoms with Gasteiger partial charge in [0.1, 0.15) is 6.54 Å². The second-order valence-electron chi connectivity index (χ2n) is 8.05. The highest BCUT2D eigenvalue weighted by molar-refractivity contribution is 7.92. The summed E-state index contributed by atoms with van der Waals surface area (Å²) in [4.78, 5) is 25.4. The van der Waals surface area contributed by atoms with E-state index in [1.807, 2.05) is 19.9 Å². The third-order valence-electron chi connectivity index (χ3n) is 5.14. The van der Waals surface area contributed by atoms with Crippen LogP contribution in [0.4, 0.5) is 11.4 Å². The van der Waals surface area contributed by atoms with E-state index in [4.69, 9.17) is 4.74 Å². The number of carbonyl (C=O) groups excluding carboxylic acids is 2. The van der Waals surface area contributed by atoms with Crippen molar-refractivity contribution < 1.29 is 22.7 Å². The first-order valence-corrected chi connectivity index (χ1v) is 12.3. The van der Waals surface area contributed by atoms with Gasteiger partial charge in [-0.3, -0.25) is 13.9 Å². The van der Waals surface area contributed by atoms with Crippen LogP contribution >= 0.6 is 0 Å². The number of benzene rings is 2. The summed E-state index contributed by atoms with van der Waals surface area (Å²) in [5, 5.41) is 5.52. The van der Waals surface area contributed by atoms with Gasteiger partial charge in [0.15, 0.2) is 0 Å². The maximum atomic E-state index is 12.8. The minimum atomic E-state index is -3.70. The summed E-state index contributed by atoms with van der Waals surface area (Å²) in [5.74, 6) is -0.875. The maximum absolute atomic E-state index is 12.8. The fraction of sp³-hybridized carbons (Fsp3) is 0.391. The lowest BCUT2D eigenvalue weighted by Crippen LogP contribution is -2.38. The molecule has 0 aromatic heterocycles. The summed E-state index contributed by atoms with van der Waals surface area (Å²) in [5.41, 5.74) is 2.82. The molecule has 1 heterocycles. The van der Waals surface area contributed by atoms with Crippen molar-refractivity contribution in [2.24, 2.45) is 0 Å². The van der Waals surface area contributed by atoms with Crippen LogP contribution in [0.15, 0.2) is 42.5 Å². The molecule has 1 aliphatic heterocycles. The molecule has 2 amide bonds. The van der Waals surface area contributed by atoms with Crippen LogP contribution in [0.2, 0.25) is 0 Å². The van der Waals surface area contributed by atoms with Gasteiger partial charge in [-0.15, -0.1) is 0 Å². The van der Waals surface area contributed by atoms with Crippen LogP contribution in [0.1, 0.15) is 34.3 Å². The molecule has 9 heteroatoms. The lowest BCUT2D eigenvalue weighted by molar-refractivity contribution is -0.114. The molecule has 0 aliphatic carbocycles. The standard InChI is InChI=1S/C23H29N3O5S/c1-16-11-17(2)13-18(12-16)26(32(3,29)30)15-22(27)25-21-9-5-4-8-20(21)23(28)24-14-19-7-6-10-31-19/h4-5,8-9,11-13,19H,6-7,10,14-15H2,1-3H3,(H,24,28)(H,25,27)/t19-/m1/s1. The number of aryl methyl sites for hydroxylation is 2. The summed E-state index contributed by atoms with van der Waals surface area (Å²) in [6.07, 6.45) is 2.94. The van der Waals surface area contributed by atoms with Crippen molar-refractivity contribution in [2.45, 2.75) is 32.8 Å². The Morgan fingerprint density at radius 2 is 1.81 bits per heavy atom. The van der Waals surface area contributed by atoms with Gasteiger partial charge in [0.25, 0.3) is 5.91 Å². The molecule has 2 aromatic carbocycles. The first-order chi connectivity index (χ1) is 15.1. The van der Waals surface area contributed by atoms with Gasteiger partial charge in [0.2, 0.25) is 15.9 Å². The van der Waals surface area contributed by atoms with Crippen LogP contribution in [0.5, 0.6) is 0 Å². The predicted molar refractivity (Wildman–Crippen MR) is 124 cm³/mol. The van der Waals surface area contributed by atoms with Crippen LogP contribution in [-0.2, 0) is 19.6 Å². The molecule has 1 aliphatic rings. The smallest absolute Gasteiger partial charge is 0.253 e. The van der Waals surface area contributed by atoms with Gasteiger partial charge in [-0.1, -0.05) is 18.2 Å². The van der Waals surface area contributed by atoms with E-state index in [1.54, 1.807) is 36.4 Å². The molecule has 3 rings (SSSR count). The second-order valence-corrected chi connectivity index (χ2v) is 9.96. The van der Waals surface area contributed by atoms with Crippen molar-refractivity contribution in [3.8, 4) is 0 Å². The van der Waals surface area contributed by atoms with Gasteiger partial charge in [0, 0.05) is 13.2 Å². The minimum Gasteiger partial charge on any atom is -0.376 e. The predicted octanol–water partition coefficient (Wildman–Crippen LogP) is 2.62. The fourth-order valence-electron chi connectivity index (χ4n) is 3.71. The Bertz CT molecular complexity index is 1070. The van der Waals surface area contributed by atoms with Crippen molar-refractivity contribution >= 4 is 33.2 Å². The van der Waals surface area contributed by atoms with Gasteiger partial charge < -0.3 is 15.4 Å². The maximum Gasteiger partial charge on any atom is 0.253 e. The number of hydrogen-bond donors (Lipinski definition) is 2. The van der Waals surface area contributed by atoms with Gasteiger partial charge in [0.05, 0.1) is 29.3 Å². The van der Waals surface area contributed by atoms with Crippen LogP contribution < -0.4 is 14.9 Å². The first-order valence-electron chi connectivity index (χ1n) is 10.5. The number of nitrogens with one attached hydrogen (secondary N) is 2. The second kappa shape index (κ2) is 10.1. The number of hydrogen-bond acceptors (Lipinski definition) is 5. The molecule has 0 unspecified atom stereocenters. The summed E-state index contributed by atoms with van der Waals surface area (Å²) >= 11 is 0. The molecule has 2 N–H and O–H groups in total. The van der Waals surface area contributed by atoms with E-state index in [1.165, 1.54) is 0 Å². The highest BCUT2D eigenvalue weighted by atomic mass is 32.2. The summed E-state index contributed by atoms with van der Waals surface area (Å²) < 4.78 is 31.4. The quantitative estimate of drug-likeness (QED) is 0.631. The number of carbonyl (C=O) groups is 2. The van der Waals surface area contributed by atoms with E-state index >= 15 is 0 Å². The Hall–Kier alpha value is -2.91. The highest BCUT2D eigenvalue weighted by Crippen LogP contribution is 2.22. The van der Waals surface area contributed by atoms with Gasteiger partial charge in [-0.2, -0.15) is 0 Å². The van der Waals surface area contributed by atoms with E-state index in [2.05, 4.69) is 10.6 Å². The van der Waals surface area contributed by atoms with Crippen molar-refractivity contribution in [3.63, 3.8) is 0 Å². The van der Waals surface area contributed by atoms with Crippen molar-refractivity contribution in [2.75, 3.05) is 35.6 Å². The molecule has 0 radical (unpaired) electrons. The lowest BCUT2D eigenvalue weighted by Gasteiger charge is -2.23. The SMILES string of the molecule is Cc1cc(C)cc(N(CC(=O)Nc2ccccc2C(=O)NC[C@H]2CCCO2)S(C)(=O)=O)c1. The van der Waals surface area contributed by atoms with Crippen molar-refractivity contribution in [1.82, 2.24) is 5.32 Å². The minimum absolute atomic E-state index is 0.00167. The van der Waals surface area contributed by atoms with Crippen molar-refractivity contribution in [1.29, 1.82) is 0 Å². The van der Waals surface area contributed by atoms with Crippen LogP contribution in [0.3, 0.4) is 0 Å². The molecule has 172 valence electrons. The fourth-order valence-corrected chi connectivity index (χ4v) is 4.55. The van der Waals surface area contributed by atoms with E-state index in [9.17, 15) is 18.0 Å². The van der Waals surface area contributed by atoms with Gasteiger partial charge >= 0.3 is 0 Å². The third kappa shape index (κ3) is 6.30. The summed E-state index contributed by atoms with van der Waals surface area (Å²) in [6.45, 7) is 4.42.